The molecule has 0 saturated heterocycles. The number of hydrogen-bond acceptors (Lipinski definition) is 4. The number of carbonyl (C=O) groups is 1. The molecule has 3 heterocycles. The van der Waals surface area contributed by atoms with Gasteiger partial charge in [-0.2, -0.15) is 10.4 Å². The highest BCUT2D eigenvalue weighted by Crippen LogP contribution is 2.25. The Hall–Kier alpha value is -3.82. The van der Waals surface area contributed by atoms with Gasteiger partial charge in [0.25, 0.3) is 0 Å². The number of esters is 1. The predicted octanol–water partition coefficient (Wildman–Crippen LogP) is 4.72. The standard InChI is InChI=1S/C23H17ClN4O2/c1-16-19(23(24)28(26-16)18-7-3-2-4-8-18)10-11-22(29)30-15-17-14-27-12-6-5-9-21(27)20(17)13-25/h2-12,14H,15H2,1H3. The van der Waals surface area contributed by atoms with Crippen LogP contribution in [0.15, 0.2) is 67.0 Å². The lowest BCUT2D eigenvalue weighted by atomic mass is 10.2. The summed E-state index contributed by atoms with van der Waals surface area (Å²) in [5.74, 6) is -0.530. The average Bonchev–Trinajstić information content (AvgIpc) is 3.27. The Morgan fingerprint density at radius 2 is 2.00 bits per heavy atom. The normalized spacial score (nSPS) is 11.1. The molecule has 0 unspecified atom stereocenters. The maximum atomic E-state index is 12.2. The molecule has 0 fully saturated rings. The van der Waals surface area contributed by atoms with Crippen molar-refractivity contribution in [2.24, 2.45) is 0 Å². The molecule has 0 aliphatic heterocycles. The highest BCUT2D eigenvalue weighted by atomic mass is 35.5. The van der Waals surface area contributed by atoms with Crippen LogP contribution in [0.1, 0.15) is 22.4 Å². The summed E-state index contributed by atoms with van der Waals surface area (Å²) >= 11 is 6.46. The molecule has 4 aromatic rings. The Labute approximate surface area is 178 Å². The molecule has 0 radical (unpaired) electrons. The van der Waals surface area contributed by atoms with Gasteiger partial charge in [0.15, 0.2) is 0 Å². The topological polar surface area (TPSA) is 72.3 Å². The van der Waals surface area contributed by atoms with Gasteiger partial charge in [0, 0.05) is 29.6 Å². The van der Waals surface area contributed by atoms with Gasteiger partial charge in [-0.05, 0) is 37.3 Å². The van der Waals surface area contributed by atoms with Crippen LogP contribution in [-0.4, -0.2) is 20.2 Å². The van der Waals surface area contributed by atoms with E-state index >= 15 is 0 Å². The van der Waals surface area contributed by atoms with Crippen LogP contribution >= 0.6 is 11.6 Å². The summed E-state index contributed by atoms with van der Waals surface area (Å²) in [6.45, 7) is 1.83. The van der Waals surface area contributed by atoms with Crippen LogP contribution in [-0.2, 0) is 16.1 Å². The molecule has 0 saturated carbocycles. The highest BCUT2D eigenvalue weighted by Gasteiger charge is 2.14. The van der Waals surface area contributed by atoms with Crippen molar-refractivity contribution in [3.05, 3.63) is 94.5 Å². The van der Waals surface area contributed by atoms with E-state index in [1.807, 2.05) is 66.1 Å². The fourth-order valence-electron chi connectivity index (χ4n) is 3.21. The summed E-state index contributed by atoms with van der Waals surface area (Å²) in [7, 11) is 0. The minimum Gasteiger partial charge on any atom is -0.458 e. The second-order valence-electron chi connectivity index (χ2n) is 6.61. The molecule has 3 aromatic heterocycles. The molecule has 0 amide bonds. The van der Waals surface area contributed by atoms with E-state index in [1.165, 1.54) is 6.08 Å². The maximum Gasteiger partial charge on any atom is 0.331 e. The monoisotopic (exact) mass is 416 g/mol. The van der Waals surface area contributed by atoms with Crippen molar-refractivity contribution < 1.29 is 9.53 Å². The number of halogens is 1. The first-order chi connectivity index (χ1) is 14.6. The lowest BCUT2D eigenvalue weighted by molar-refractivity contribution is -0.138. The Kier molecular flexibility index (Phi) is 5.38. The maximum absolute atomic E-state index is 12.2. The number of ether oxygens (including phenoxy) is 1. The number of benzene rings is 1. The first-order valence-electron chi connectivity index (χ1n) is 9.22. The second-order valence-corrected chi connectivity index (χ2v) is 6.97. The van der Waals surface area contributed by atoms with E-state index in [0.717, 1.165) is 11.2 Å². The first kappa shape index (κ1) is 19.5. The van der Waals surface area contributed by atoms with Gasteiger partial charge in [0.1, 0.15) is 17.8 Å². The average molecular weight is 417 g/mol. The summed E-state index contributed by atoms with van der Waals surface area (Å²) in [6, 6.07) is 17.3. The zero-order chi connectivity index (χ0) is 21.1. The predicted molar refractivity (Wildman–Crippen MR) is 114 cm³/mol. The molecule has 7 heteroatoms. The van der Waals surface area contributed by atoms with Crippen LogP contribution in [0.2, 0.25) is 5.15 Å². The fraction of sp³-hybridized carbons (Fsp3) is 0.0870. The van der Waals surface area contributed by atoms with Gasteiger partial charge in [-0.1, -0.05) is 35.9 Å². The van der Waals surface area contributed by atoms with Gasteiger partial charge in [-0.15, -0.1) is 0 Å². The van der Waals surface area contributed by atoms with E-state index in [-0.39, 0.29) is 6.61 Å². The molecule has 1 aromatic carbocycles. The molecular weight excluding hydrogens is 400 g/mol. The van der Waals surface area contributed by atoms with Crippen molar-refractivity contribution in [3.63, 3.8) is 0 Å². The Morgan fingerprint density at radius 3 is 2.77 bits per heavy atom. The van der Waals surface area contributed by atoms with Crippen LogP contribution in [0.4, 0.5) is 0 Å². The number of pyridine rings is 1. The largest absolute Gasteiger partial charge is 0.458 e. The lowest BCUT2D eigenvalue weighted by Gasteiger charge is -2.02. The van der Waals surface area contributed by atoms with Crippen LogP contribution in [0.25, 0.3) is 17.3 Å². The Bertz CT molecular complexity index is 1300. The molecule has 6 nitrogen and oxygen atoms in total. The van der Waals surface area contributed by atoms with Crippen molar-refractivity contribution in [1.29, 1.82) is 5.26 Å². The Balaban J connectivity index is 1.49. The van der Waals surface area contributed by atoms with Crippen LogP contribution in [0.3, 0.4) is 0 Å². The summed E-state index contributed by atoms with van der Waals surface area (Å²) in [4.78, 5) is 12.2. The summed E-state index contributed by atoms with van der Waals surface area (Å²) < 4.78 is 8.78. The molecule has 0 aliphatic carbocycles. The van der Waals surface area contributed by atoms with Crippen LogP contribution < -0.4 is 0 Å². The van der Waals surface area contributed by atoms with Gasteiger partial charge in [0.05, 0.1) is 22.5 Å². The number of para-hydroxylation sites is 1. The van der Waals surface area contributed by atoms with E-state index in [9.17, 15) is 10.1 Å². The number of carbonyl (C=O) groups excluding carboxylic acids is 1. The van der Waals surface area contributed by atoms with Crippen molar-refractivity contribution >= 4 is 29.2 Å². The quantitative estimate of drug-likeness (QED) is 0.348. The summed E-state index contributed by atoms with van der Waals surface area (Å²) in [5, 5.41) is 14.3. The number of aromatic nitrogens is 3. The van der Waals surface area contributed by atoms with Gasteiger partial charge >= 0.3 is 5.97 Å². The number of nitrogens with zero attached hydrogens (tertiary/aromatic N) is 4. The van der Waals surface area contributed by atoms with E-state index in [4.69, 9.17) is 16.3 Å². The third-order valence-electron chi connectivity index (χ3n) is 4.68. The number of hydrogen-bond donors (Lipinski definition) is 0. The number of aryl methyl sites for hydroxylation is 1. The minimum absolute atomic E-state index is 0.00371. The number of fused-ring (bicyclic) bond motifs is 1. The summed E-state index contributed by atoms with van der Waals surface area (Å²) in [5.41, 5.74) is 4.09. The first-order valence-corrected chi connectivity index (χ1v) is 9.60. The minimum atomic E-state index is -0.530. The van der Waals surface area contributed by atoms with E-state index in [2.05, 4.69) is 11.2 Å². The smallest absolute Gasteiger partial charge is 0.331 e. The van der Waals surface area contributed by atoms with E-state index in [1.54, 1.807) is 17.0 Å². The highest BCUT2D eigenvalue weighted by molar-refractivity contribution is 6.31. The summed E-state index contributed by atoms with van der Waals surface area (Å²) in [6.07, 6.45) is 6.54. The fourth-order valence-corrected chi connectivity index (χ4v) is 3.54. The number of nitriles is 1. The number of rotatable bonds is 5. The van der Waals surface area contributed by atoms with Gasteiger partial charge < -0.3 is 9.14 Å². The van der Waals surface area contributed by atoms with Crippen LogP contribution in [0, 0.1) is 18.3 Å². The molecule has 4 rings (SSSR count). The van der Waals surface area contributed by atoms with Crippen LogP contribution in [0.5, 0.6) is 0 Å². The Morgan fingerprint density at radius 1 is 1.23 bits per heavy atom. The molecule has 0 atom stereocenters. The molecule has 0 spiro atoms. The van der Waals surface area contributed by atoms with Crippen molar-refractivity contribution in [2.75, 3.05) is 0 Å². The van der Waals surface area contributed by atoms with Gasteiger partial charge in [-0.3, -0.25) is 0 Å². The molecule has 0 aliphatic rings. The van der Waals surface area contributed by atoms with Crippen molar-refractivity contribution in [1.82, 2.24) is 14.2 Å². The third-order valence-corrected chi connectivity index (χ3v) is 5.04. The van der Waals surface area contributed by atoms with Gasteiger partial charge in [-0.25, -0.2) is 9.48 Å². The van der Waals surface area contributed by atoms with E-state index < -0.39 is 5.97 Å². The third kappa shape index (κ3) is 3.71. The molecular formula is C23H17ClN4O2. The molecule has 148 valence electrons. The van der Waals surface area contributed by atoms with Crippen molar-refractivity contribution in [2.45, 2.75) is 13.5 Å². The van der Waals surface area contributed by atoms with Gasteiger partial charge in [0.2, 0.25) is 0 Å². The second kappa shape index (κ2) is 8.27. The molecule has 0 N–H and O–H groups in total. The zero-order valence-electron chi connectivity index (χ0n) is 16.1. The van der Waals surface area contributed by atoms with E-state index in [0.29, 0.717) is 27.5 Å². The zero-order valence-corrected chi connectivity index (χ0v) is 16.9. The lowest BCUT2D eigenvalue weighted by Crippen LogP contribution is -2.01. The molecule has 30 heavy (non-hydrogen) atoms. The molecule has 0 bridgehead atoms. The van der Waals surface area contributed by atoms with Crippen molar-refractivity contribution in [3.8, 4) is 11.8 Å². The SMILES string of the molecule is Cc1nn(-c2ccccc2)c(Cl)c1C=CC(=O)OCc1cn2ccccc2c1C#N.